The number of aryl methyl sites for hydroxylation is 1. The third kappa shape index (κ3) is 2.40. The van der Waals surface area contributed by atoms with Gasteiger partial charge in [0.1, 0.15) is 5.82 Å². The molecule has 2 atom stereocenters. The molecule has 0 aliphatic heterocycles. The molecule has 1 aromatic carbocycles. The zero-order chi connectivity index (χ0) is 13.1. The lowest BCUT2D eigenvalue weighted by Crippen LogP contribution is -2.41. The van der Waals surface area contributed by atoms with Crippen molar-refractivity contribution in [2.24, 2.45) is 18.8 Å². The van der Waals surface area contributed by atoms with E-state index in [9.17, 15) is 0 Å². The van der Waals surface area contributed by atoms with Gasteiger partial charge in [-0.25, -0.2) is 4.98 Å². The third-order valence-electron chi connectivity index (χ3n) is 3.83. The number of aromatic nitrogens is 2. The second-order valence-corrected chi connectivity index (χ2v) is 4.94. The number of nitrogens with zero attached hydrogens (tertiary/aromatic N) is 2. The number of hydrogen-bond acceptors (Lipinski definition) is 3. The summed E-state index contributed by atoms with van der Waals surface area (Å²) in [7, 11) is 2.06. The first kappa shape index (κ1) is 13.1. The van der Waals surface area contributed by atoms with Crippen molar-refractivity contribution in [1.29, 1.82) is 0 Å². The molecule has 0 aliphatic carbocycles. The number of benzene rings is 1. The maximum Gasteiger partial charge on any atom is 0.111 e. The van der Waals surface area contributed by atoms with Gasteiger partial charge in [-0.15, -0.1) is 0 Å². The number of hydrogen-bond donors (Lipinski definition) is 2. The molecule has 0 aliphatic rings. The lowest BCUT2D eigenvalue weighted by atomic mass is 9.97. The Labute approximate surface area is 108 Å². The van der Waals surface area contributed by atoms with E-state index in [1.807, 2.05) is 18.2 Å². The summed E-state index contributed by atoms with van der Waals surface area (Å²) in [6.45, 7) is 4.40. The number of nitrogens with one attached hydrogen (secondary N) is 1. The van der Waals surface area contributed by atoms with Crippen molar-refractivity contribution in [2.45, 2.75) is 32.7 Å². The van der Waals surface area contributed by atoms with Crippen molar-refractivity contribution < 1.29 is 0 Å². The van der Waals surface area contributed by atoms with Gasteiger partial charge in [0.25, 0.3) is 0 Å². The molecule has 0 saturated carbocycles. The van der Waals surface area contributed by atoms with Crippen molar-refractivity contribution in [3.05, 3.63) is 30.1 Å². The molecule has 1 aromatic heterocycles. The van der Waals surface area contributed by atoms with Crippen LogP contribution >= 0.6 is 0 Å². The van der Waals surface area contributed by atoms with E-state index >= 15 is 0 Å². The van der Waals surface area contributed by atoms with Crippen LogP contribution in [-0.2, 0) is 13.5 Å². The van der Waals surface area contributed by atoms with Crippen molar-refractivity contribution in [3.63, 3.8) is 0 Å². The van der Waals surface area contributed by atoms with Gasteiger partial charge in [-0.1, -0.05) is 32.4 Å². The van der Waals surface area contributed by atoms with Crippen molar-refractivity contribution in [2.75, 3.05) is 0 Å². The molecule has 2 unspecified atom stereocenters. The molecule has 2 rings (SSSR count). The fraction of sp³-hybridized carbons (Fsp3) is 0.500. The first-order valence-corrected chi connectivity index (χ1v) is 6.53. The standard InChI is InChI=1S/C14H22N4/c1-4-10(2)12(17-15)9-14-16-11-7-5-6-8-13(11)18(14)3/h5-8,10,12,17H,4,9,15H2,1-3H3. The Bertz CT molecular complexity index is 517. The van der Waals surface area contributed by atoms with Gasteiger partial charge in [0.2, 0.25) is 0 Å². The van der Waals surface area contributed by atoms with Crippen LogP contribution in [0.5, 0.6) is 0 Å². The molecule has 4 heteroatoms. The minimum absolute atomic E-state index is 0.269. The maximum atomic E-state index is 5.65. The number of rotatable bonds is 5. The number of hydrazine groups is 1. The first-order chi connectivity index (χ1) is 8.67. The van der Waals surface area contributed by atoms with E-state index in [0.29, 0.717) is 5.92 Å². The minimum atomic E-state index is 0.269. The van der Waals surface area contributed by atoms with E-state index in [0.717, 1.165) is 24.2 Å². The summed E-state index contributed by atoms with van der Waals surface area (Å²) in [5.41, 5.74) is 5.14. The Morgan fingerprint density at radius 2 is 2.11 bits per heavy atom. The molecule has 4 nitrogen and oxygen atoms in total. The SMILES string of the molecule is CCC(C)C(Cc1nc2ccccc2n1C)NN. The number of imidazole rings is 1. The van der Waals surface area contributed by atoms with E-state index in [4.69, 9.17) is 5.84 Å². The van der Waals surface area contributed by atoms with E-state index in [2.05, 4.69) is 41.9 Å². The molecule has 0 amide bonds. The van der Waals surface area contributed by atoms with E-state index < -0.39 is 0 Å². The summed E-state index contributed by atoms with van der Waals surface area (Å²) in [5, 5.41) is 0. The van der Waals surface area contributed by atoms with Crippen LogP contribution in [0.25, 0.3) is 11.0 Å². The van der Waals surface area contributed by atoms with Crippen molar-refractivity contribution in [3.8, 4) is 0 Å². The Morgan fingerprint density at radius 3 is 2.72 bits per heavy atom. The lowest BCUT2D eigenvalue weighted by molar-refractivity contribution is 0.363. The average molecular weight is 246 g/mol. The fourth-order valence-corrected chi connectivity index (χ4v) is 2.28. The third-order valence-corrected chi connectivity index (χ3v) is 3.83. The monoisotopic (exact) mass is 246 g/mol. The van der Waals surface area contributed by atoms with E-state index in [1.54, 1.807) is 0 Å². The molecule has 0 radical (unpaired) electrons. The van der Waals surface area contributed by atoms with E-state index in [-0.39, 0.29) is 6.04 Å². The van der Waals surface area contributed by atoms with Crippen LogP contribution < -0.4 is 11.3 Å². The molecule has 0 bridgehead atoms. The highest BCUT2D eigenvalue weighted by Crippen LogP contribution is 2.17. The van der Waals surface area contributed by atoms with Gasteiger partial charge in [0.15, 0.2) is 0 Å². The van der Waals surface area contributed by atoms with Crippen LogP contribution in [0.15, 0.2) is 24.3 Å². The highest BCUT2D eigenvalue weighted by Gasteiger charge is 2.18. The predicted octanol–water partition coefficient (Wildman–Crippen LogP) is 1.99. The lowest BCUT2D eigenvalue weighted by Gasteiger charge is -2.21. The minimum Gasteiger partial charge on any atom is -0.331 e. The van der Waals surface area contributed by atoms with Crippen LogP contribution in [0.4, 0.5) is 0 Å². The maximum absolute atomic E-state index is 5.65. The summed E-state index contributed by atoms with van der Waals surface area (Å²) < 4.78 is 2.15. The molecule has 0 saturated heterocycles. The molecule has 98 valence electrons. The highest BCUT2D eigenvalue weighted by atomic mass is 15.2. The van der Waals surface area contributed by atoms with Gasteiger partial charge in [-0.05, 0) is 18.1 Å². The quantitative estimate of drug-likeness (QED) is 0.626. The zero-order valence-corrected chi connectivity index (χ0v) is 11.4. The fourth-order valence-electron chi connectivity index (χ4n) is 2.28. The average Bonchev–Trinajstić information content (AvgIpc) is 2.72. The summed E-state index contributed by atoms with van der Waals surface area (Å²) in [5.74, 6) is 7.27. The van der Waals surface area contributed by atoms with Gasteiger partial charge in [0, 0.05) is 19.5 Å². The van der Waals surface area contributed by atoms with Crippen molar-refractivity contribution in [1.82, 2.24) is 15.0 Å². The summed E-state index contributed by atoms with van der Waals surface area (Å²) in [4.78, 5) is 4.68. The second-order valence-electron chi connectivity index (χ2n) is 4.94. The van der Waals surface area contributed by atoms with Crippen LogP contribution in [0.1, 0.15) is 26.1 Å². The molecule has 0 fully saturated rings. The Balaban J connectivity index is 2.28. The molecule has 0 spiro atoms. The van der Waals surface area contributed by atoms with Crippen molar-refractivity contribution >= 4 is 11.0 Å². The number of nitrogens with two attached hydrogens (primary N) is 1. The topological polar surface area (TPSA) is 55.9 Å². The van der Waals surface area contributed by atoms with Crippen LogP contribution in [0.3, 0.4) is 0 Å². The van der Waals surface area contributed by atoms with Crippen LogP contribution in [0, 0.1) is 5.92 Å². The largest absolute Gasteiger partial charge is 0.331 e. The predicted molar refractivity (Wildman–Crippen MR) is 75.0 cm³/mol. The van der Waals surface area contributed by atoms with E-state index in [1.165, 1.54) is 5.52 Å². The van der Waals surface area contributed by atoms with Gasteiger partial charge in [-0.2, -0.15) is 0 Å². The molecule has 1 heterocycles. The Morgan fingerprint density at radius 1 is 1.39 bits per heavy atom. The Hall–Kier alpha value is -1.39. The number of para-hydroxylation sites is 2. The van der Waals surface area contributed by atoms with Gasteiger partial charge >= 0.3 is 0 Å². The summed E-state index contributed by atoms with van der Waals surface area (Å²) in [6.07, 6.45) is 1.97. The molecular formula is C14H22N4. The van der Waals surface area contributed by atoms with Crippen LogP contribution in [-0.4, -0.2) is 15.6 Å². The smallest absolute Gasteiger partial charge is 0.111 e. The second kappa shape index (κ2) is 5.50. The van der Waals surface area contributed by atoms with Gasteiger partial charge in [-0.3, -0.25) is 11.3 Å². The summed E-state index contributed by atoms with van der Waals surface area (Å²) >= 11 is 0. The van der Waals surface area contributed by atoms with Gasteiger partial charge < -0.3 is 4.57 Å². The van der Waals surface area contributed by atoms with Crippen LogP contribution in [0.2, 0.25) is 0 Å². The zero-order valence-electron chi connectivity index (χ0n) is 11.4. The Kier molecular flexibility index (Phi) is 3.99. The molecule has 3 N–H and O–H groups in total. The highest BCUT2D eigenvalue weighted by molar-refractivity contribution is 5.75. The summed E-state index contributed by atoms with van der Waals surface area (Å²) in [6, 6.07) is 8.48. The molecule has 2 aromatic rings. The number of fused-ring (bicyclic) bond motifs is 1. The first-order valence-electron chi connectivity index (χ1n) is 6.53. The van der Waals surface area contributed by atoms with Gasteiger partial charge in [0.05, 0.1) is 11.0 Å². The molecule has 18 heavy (non-hydrogen) atoms. The normalized spacial score (nSPS) is 14.9. The molecular weight excluding hydrogens is 224 g/mol.